The molecule has 69 heavy (non-hydrogen) atoms. The Morgan fingerprint density at radius 3 is 2.33 bits per heavy atom. The van der Waals surface area contributed by atoms with E-state index in [0.717, 1.165) is 18.4 Å². The maximum atomic E-state index is 14.5. The molecule has 1 aromatic rings. The number of carbonyl (C=O) groups excluding carboxylic acids is 5. The fourth-order valence-electron chi connectivity index (χ4n) is 10.8. The van der Waals surface area contributed by atoms with Crippen molar-refractivity contribution in [3.8, 4) is 0 Å². The summed E-state index contributed by atoms with van der Waals surface area (Å²) in [6, 6.07) is -1.20. The monoisotopic (exact) mass is 966 g/mol. The van der Waals surface area contributed by atoms with Crippen LogP contribution in [-0.4, -0.2) is 141 Å². The molecule has 5 rings (SSSR count). The van der Waals surface area contributed by atoms with Crippen molar-refractivity contribution in [1.82, 2.24) is 25.1 Å². The van der Waals surface area contributed by atoms with Crippen molar-refractivity contribution >= 4 is 29.2 Å². The van der Waals surface area contributed by atoms with Crippen LogP contribution in [0.15, 0.2) is 53.9 Å². The second-order valence-corrected chi connectivity index (χ2v) is 20.4. The molecule has 2 bridgehead atoms. The summed E-state index contributed by atoms with van der Waals surface area (Å²) < 4.78 is 31.6. The third-order valence-electron chi connectivity index (χ3n) is 15.2. The molecule has 0 spiro atoms. The molecule has 15 atom stereocenters. The van der Waals surface area contributed by atoms with Gasteiger partial charge in [-0.3, -0.25) is 19.2 Å². The van der Waals surface area contributed by atoms with Crippen molar-refractivity contribution < 1.29 is 57.9 Å². The molecular weight excluding hydrogens is 887 g/mol. The normalized spacial score (nSPS) is 37.1. The van der Waals surface area contributed by atoms with Crippen molar-refractivity contribution in [2.24, 2.45) is 35.5 Å². The van der Waals surface area contributed by atoms with Gasteiger partial charge in [-0.05, 0) is 117 Å². The van der Waals surface area contributed by atoms with E-state index >= 15 is 0 Å². The van der Waals surface area contributed by atoms with Gasteiger partial charge in [0.25, 0.3) is 11.7 Å². The van der Waals surface area contributed by atoms with Crippen LogP contribution in [0.3, 0.4) is 0 Å². The number of hydrogen-bond donors (Lipinski definition) is 2. The fraction of sp³-hybridized carbons (Fsp3) is 0.731. The zero-order valence-corrected chi connectivity index (χ0v) is 42.5. The van der Waals surface area contributed by atoms with Crippen molar-refractivity contribution in [3.05, 3.63) is 53.9 Å². The standard InChI is InChI=1S/C52H79N5O12/c1-31-16-12-11-13-17-32(2)43(65-8)28-39-21-19-37(7)52(64,69-39)49(61)50(62)56-23-15-14-18-41(56)51(63)68-44(34(4)26-38-20-22-40(45(27-38)66-9)57-30-53-54-55-57)29-42(58)33(3)25-36(6)47(60)48(67-10)46(59)35(5)24-31/h11-13,16-17,25,30-31,34-41,43-45,47-48,60,64H,14-15,18-24,26-29H2,1-10H3/b13-11?,16-12?,32-17?,33-25+/t31-,34-,35?,36?,37-,38+,39+,40+,41?,43+,44?,45-,47-,48?,52-/m1/s1. The Labute approximate surface area is 408 Å². The van der Waals surface area contributed by atoms with Gasteiger partial charge in [0.2, 0.25) is 5.79 Å². The molecular formula is C52H79N5O12. The number of esters is 1. The number of fused-ring (bicyclic) bond motifs is 3. The van der Waals surface area contributed by atoms with Gasteiger partial charge in [0, 0.05) is 58.5 Å². The highest BCUT2D eigenvalue weighted by Gasteiger charge is 2.53. The number of aromatic nitrogens is 4. The van der Waals surface area contributed by atoms with E-state index in [9.17, 15) is 34.2 Å². The number of ketones is 3. The second-order valence-electron chi connectivity index (χ2n) is 20.4. The zero-order chi connectivity index (χ0) is 50.6. The number of cyclic esters (lactones) is 1. The summed E-state index contributed by atoms with van der Waals surface area (Å²) in [6.07, 6.45) is 14.0. The molecule has 4 aliphatic rings. The summed E-state index contributed by atoms with van der Waals surface area (Å²) in [5, 5.41) is 35.2. The van der Waals surface area contributed by atoms with E-state index in [4.69, 9.17) is 23.7 Å². The highest BCUT2D eigenvalue weighted by atomic mass is 16.6. The Hall–Kier alpha value is -4.26. The number of hydrogen-bond acceptors (Lipinski definition) is 15. The first-order chi connectivity index (χ1) is 32.8. The van der Waals surface area contributed by atoms with Gasteiger partial charge in [-0.15, -0.1) is 5.10 Å². The molecule has 1 aliphatic carbocycles. The van der Waals surface area contributed by atoms with Crippen LogP contribution < -0.4 is 0 Å². The van der Waals surface area contributed by atoms with Gasteiger partial charge < -0.3 is 38.8 Å². The number of methoxy groups -OCH3 is 3. The van der Waals surface area contributed by atoms with Crippen LogP contribution in [0, 0.1) is 35.5 Å². The number of aliphatic hydroxyl groups excluding tert-OH is 1. The average Bonchev–Trinajstić information content (AvgIpc) is 3.88. The molecule has 384 valence electrons. The number of ether oxygens (including phenoxy) is 5. The SMILES string of the molecule is COC1C(=O)C(C)C[C@H](C)C=CC=CC=C(C)[C@@H](OC)C[C@@H]2CC[C@@H](C)[C@@](O)(O2)C(=O)C(=O)N2CCCCC2C(=O)OC([C@H](C)C[C@@H]2CC[C@H](n3cnnn3)[C@H](OC)C2)CC(=O)/C(C)=C/C(C)[C@H]1O. The number of carbonyl (C=O) groups is 5. The summed E-state index contributed by atoms with van der Waals surface area (Å²) in [5.41, 5.74) is 1.20. The first-order valence-electron chi connectivity index (χ1n) is 25.0. The highest BCUT2D eigenvalue weighted by molar-refractivity contribution is 6.39. The van der Waals surface area contributed by atoms with Crippen molar-refractivity contribution in [2.75, 3.05) is 27.9 Å². The lowest BCUT2D eigenvalue weighted by Gasteiger charge is -2.42. The van der Waals surface area contributed by atoms with E-state index in [1.165, 1.54) is 12.0 Å². The van der Waals surface area contributed by atoms with E-state index < -0.39 is 77.8 Å². The molecule has 17 heteroatoms. The number of piperidine rings is 1. The minimum Gasteiger partial charge on any atom is -0.460 e. The maximum Gasteiger partial charge on any atom is 0.329 e. The molecule has 17 nitrogen and oxygen atoms in total. The van der Waals surface area contributed by atoms with E-state index in [1.807, 2.05) is 58.1 Å². The van der Waals surface area contributed by atoms with Crippen LogP contribution >= 0.6 is 0 Å². The van der Waals surface area contributed by atoms with E-state index in [1.54, 1.807) is 52.1 Å². The summed E-state index contributed by atoms with van der Waals surface area (Å²) in [6.45, 7) is 12.8. The van der Waals surface area contributed by atoms with Gasteiger partial charge >= 0.3 is 5.97 Å². The molecule has 2 N–H and O–H groups in total. The summed E-state index contributed by atoms with van der Waals surface area (Å²) in [5.74, 6) is -7.89. The number of nitrogens with zero attached hydrogens (tertiary/aromatic N) is 5. The van der Waals surface area contributed by atoms with Gasteiger partial charge in [-0.1, -0.05) is 71.1 Å². The maximum absolute atomic E-state index is 14.5. The Morgan fingerprint density at radius 2 is 1.65 bits per heavy atom. The third-order valence-corrected chi connectivity index (χ3v) is 15.2. The molecule has 3 aliphatic heterocycles. The first-order valence-corrected chi connectivity index (χ1v) is 25.0. The van der Waals surface area contributed by atoms with E-state index in [2.05, 4.69) is 15.5 Å². The molecule has 0 radical (unpaired) electrons. The third kappa shape index (κ3) is 14.2. The van der Waals surface area contributed by atoms with Crippen LogP contribution in [-0.2, 0) is 47.7 Å². The molecule has 1 saturated carbocycles. The smallest absolute Gasteiger partial charge is 0.329 e. The largest absolute Gasteiger partial charge is 0.460 e. The average molecular weight is 966 g/mol. The Bertz CT molecular complexity index is 2020. The summed E-state index contributed by atoms with van der Waals surface area (Å²) >= 11 is 0. The molecule has 2 saturated heterocycles. The van der Waals surface area contributed by atoms with Gasteiger partial charge in [0.05, 0.1) is 30.5 Å². The van der Waals surface area contributed by atoms with Gasteiger partial charge in [-0.2, -0.15) is 0 Å². The first kappa shape index (κ1) is 55.7. The number of tetrazole rings is 1. The predicted octanol–water partition coefficient (Wildman–Crippen LogP) is 6.05. The van der Waals surface area contributed by atoms with Crippen molar-refractivity contribution in [1.29, 1.82) is 0 Å². The van der Waals surface area contributed by atoms with Crippen LogP contribution in [0.4, 0.5) is 0 Å². The Kier molecular flexibility index (Phi) is 20.8. The molecule has 0 aromatic carbocycles. The minimum absolute atomic E-state index is 0.0197. The molecule has 5 unspecified atom stereocenters. The van der Waals surface area contributed by atoms with Gasteiger partial charge in [0.15, 0.2) is 11.6 Å². The second kappa shape index (κ2) is 25.7. The van der Waals surface area contributed by atoms with E-state index in [-0.39, 0.29) is 60.9 Å². The zero-order valence-electron chi connectivity index (χ0n) is 42.5. The van der Waals surface area contributed by atoms with Crippen LogP contribution in [0.1, 0.15) is 132 Å². The van der Waals surface area contributed by atoms with Crippen molar-refractivity contribution in [2.45, 2.75) is 180 Å². The van der Waals surface area contributed by atoms with E-state index in [0.29, 0.717) is 56.9 Å². The summed E-state index contributed by atoms with van der Waals surface area (Å²) in [7, 11) is 4.63. The quantitative estimate of drug-likeness (QED) is 0.235. The summed E-state index contributed by atoms with van der Waals surface area (Å²) in [4.78, 5) is 72.3. The molecule has 1 aromatic heterocycles. The van der Waals surface area contributed by atoms with Gasteiger partial charge in [-0.25, -0.2) is 9.48 Å². The highest BCUT2D eigenvalue weighted by Crippen LogP contribution is 2.39. The lowest BCUT2D eigenvalue weighted by atomic mass is 9.77. The number of Topliss-reactive ketones (excluding diaryl/α,β-unsaturated/α-hetero) is 3. The number of amides is 1. The van der Waals surface area contributed by atoms with Crippen LogP contribution in [0.5, 0.6) is 0 Å². The van der Waals surface area contributed by atoms with Crippen LogP contribution in [0.25, 0.3) is 0 Å². The molecule has 1 amide bonds. The number of allylic oxidation sites excluding steroid dienone is 6. The van der Waals surface area contributed by atoms with Crippen molar-refractivity contribution in [3.63, 3.8) is 0 Å². The molecule has 4 heterocycles. The lowest BCUT2D eigenvalue weighted by Crippen LogP contribution is -2.61. The predicted molar refractivity (Wildman–Crippen MR) is 256 cm³/mol. The Morgan fingerprint density at radius 1 is 0.899 bits per heavy atom. The lowest BCUT2D eigenvalue weighted by molar-refractivity contribution is -0.265. The molecule has 3 fully saturated rings. The van der Waals surface area contributed by atoms with Gasteiger partial charge in [0.1, 0.15) is 24.6 Å². The Balaban J connectivity index is 1.46. The topological polar surface area (TPSA) is 219 Å². The minimum atomic E-state index is -2.43. The fourth-order valence-corrected chi connectivity index (χ4v) is 10.8. The number of aliphatic hydroxyl groups is 2. The van der Waals surface area contributed by atoms with Crippen LogP contribution in [0.2, 0.25) is 0 Å². The number of rotatable bonds is 7.